The lowest BCUT2D eigenvalue weighted by molar-refractivity contribution is 0.0862. The summed E-state index contributed by atoms with van der Waals surface area (Å²) in [6.45, 7) is 10.2. The maximum Gasteiger partial charge on any atom is 0.0811 e. The maximum absolute atomic E-state index is 10.1. The van der Waals surface area contributed by atoms with Crippen molar-refractivity contribution in [3.63, 3.8) is 0 Å². The third-order valence-corrected chi connectivity index (χ3v) is 7.63. The number of aliphatic hydroxyl groups excluding tert-OH is 2. The molecule has 0 saturated heterocycles. The number of fused-ring (bicyclic) bond motifs is 1. The molecule has 3 aliphatic carbocycles. The van der Waals surface area contributed by atoms with Gasteiger partial charge in [0, 0.05) is 6.42 Å². The van der Waals surface area contributed by atoms with E-state index in [2.05, 4.69) is 31.7 Å². The Bertz CT molecular complexity index is 693. The van der Waals surface area contributed by atoms with Crippen LogP contribution < -0.4 is 0 Å². The van der Waals surface area contributed by atoms with Crippen LogP contribution in [0.3, 0.4) is 0 Å². The van der Waals surface area contributed by atoms with Gasteiger partial charge < -0.3 is 15.3 Å². The number of hydrogen-bond donors (Lipinski definition) is 3. The molecule has 3 N–H and O–H groups in total. The lowest BCUT2D eigenvalue weighted by Gasteiger charge is -2.42. The summed E-state index contributed by atoms with van der Waals surface area (Å²) in [5, 5.41) is 30.0. The van der Waals surface area contributed by atoms with Gasteiger partial charge in [-0.05, 0) is 93.6 Å². The van der Waals surface area contributed by atoms with Crippen molar-refractivity contribution in [3.05, 3.63) is 47.6 Å². The third kappa shape index (κ3) is 5.31. The zero-order valence-corrected chi connectivity index (χ0v) is 18.5. The molecule has 0 aromatic heterocycles. The van der Waals surface area contributed by atoms with E-state index in [0.29, 0.717) is 24.2 Å². The van der Waals surface area contributed by atoms with Crippen molar-refractivity contribution in [2.24, 2.45) is 17.3 Å². The fourth-order valence-electron chi connectivity index (χ4n) is 5.95. The molecule has 0 radical (unpaired) electrons. The number of aliphatic hydroxyl groups is 3. The van der Waals surface area contributed by atoms with Gasteiger partial charge in [0.05, 0.1) is 17.8 Å². The molecule has 3 nitrogen and oxygen atoms in total. The highest BCUT2D eigenvalue weighted by atomic mass is 16.3. The molecule has 0 aromatic rings. The van der Waals surface area contributed by atoms with Crippen LogP contribution >= 0.6 is 0 Å². The fraction of sp³-hybridized carbons (Fsp3) is 0.692. The van der Waals surface area contributed by atoms with Gasteiger partial charge in [-0.15, -0.1) is 0 Å². The first-order valence-corrected chi connectivity index (χ1v) is 11.4. The Morgan fingerprint density at radius 2 is 1.97 bits per heavy atom. The normalized spacial score (nSPS) is 38.9. The van der Waals surface area contributed by atoms with E-state index in [1.807, 2.05) is 19.9 Å². The Labute approximate surface area is 176 Å². The molecule has 0 bridgehead atoms. The second-order valence-corrected chi connectivity index (χ2v) is 10.4. The SMILES string of the molecule is C=C1/C(=C\C=C2/CCC[C@]3(C)C(CC/C=C/C(C)(C)O)CCC23)CC(O)C[C@@H]1O. The van der Waals surface area contributed by atoms with Crippen LogP contribution in [-0.4, -0.2) is 33.1 Å². The molecule has 3 unspecified atom stereocenters. The Morgan fingerprint density at radius 3 is 2.69 bits per heavy atom. The van der Waals surface area contributed by atoms with E-state index < -0.39 is 17.8 Å². The van der Waals surface area contributed by atoms with Gasteiger partial charge in [0.2, 0.25) is 0 Å². The minimum Gasteiger partial charge on any atom is -0.393 e. The lowest BCUT2D eigenvalue weighted by atomic mass is 9.62. The van der Waals surface area contributed by atoms with Crippen molar-refractivity contribution >= 4 is 0 Å². The largest absolute Gasteiger partial charge is 0.393 e. The second kappa shape index (κ2) is 8.91. The highest BCUT2D eigenvalue weighted by molar-refractivity contribution is 5.38. The molecule has 162 valence electrons. The molecule has 29 heavy (non-hydrogen) atoms. The van der Waals surface area contributed by atoms with Crippen LogP contribution in [0.15, 0.2) is 47.6 Å². The molecule has 3 aliphatic rings. The summed E-state index contributed by atoms with van der Waals surface area (Å²) < 4.78 is 0. The molecular formula is C26H40O3. The zero-order chi connectivity index (χ0) is 21.2. The third-order valence-electron chi connectivity index (χ3n) is 7.63. The van der Waals surface area contributed by atoms with Crippen LogP contribution in [0.1, 0.15) is 78.6 Å². The molecule has 3 rings (SSSR count). The molecular weight excluding hydrogens is 360 g/mol. The summed E-state index contributed by atoms with van der Waals surface area (Å²) in [6.07, 6.45) is 16.9. The smallest absolute Gasteiger partial charge is 0.0811 e. The maximum atomic E-state index is 10.1. The number of hydrogen-bond acceptors (Lipinski definition) is 3. The van der Waals surface area contributed by atoms with E-state index in [4.69, 9.17) is 0 Å². The lowest BCUT2D eigenvalue weighted by Crippen LogP contribution is -2.33. The zero-order valence-electron chi connectivity index (χ0n) is 18.5. The van der Waals surface area contributed by atoms with E-state index in [1.165, 1.54) is 32.1 Å². The molecule has 0 aromatic carbocycles. The monoisotopic (exact) mass is 400 g/mol. The first-order chi connectivity index (χ1) is 13.6. The summed E-state index contributed by atoms with van der Waals surface area (Å²) in [4.78, 5) is 0. The molecule has 0 spiro atoms. The minimum absolute atomic E-state index is 0.369. The van der Waals surface area contributed by atoms with Crippen molar-refractivity contribution in [3.8, 4) is 0 Å². The quantitative estimate of drug-likeness (QED) is 0.554. The van der Waals surface area contributed by atoms with Gasteiger partial charge in [-0.1, -0.05) is 43.4 Å². The first-order valence-electron chi connectivity index (χ1n) is 11.4. The van der Waals surface area contributed by atoms with Crippen LogP contribution in [0.2, 0.25) is 0 Å². The van der Waals surface area contributed by atoms with Crippen LogP contribution in [0, 0.1) is 17.3 Å². The van der Waals surface area contributed by atoms with Gasteiger partial charge in [-0.2, -0.15) is 0 Å². The van der Waals surface area contributed by atoms with E-state index in [-0.39, 0.29) is 0 Å². The fourth-order valence-corrected chi connectivity index (χ4v) is 5.95. The van der Waals surface area contributed by atoms with Crippen LogP contribution in [0.5, 0.6) is 0 Å². The van der Waals surface area contributed by atoms with Crippen LogP contribution in [0.4, 0.5) is 0 Å². The van der Waals surface area contributed by atoms with E-state index >= 15 is 0 Å². The van der Waals surface area contributed by atoms with Gasteiger partial charge in [-0.3, -0.25) is 0 Å². The summed E-state index contributed by atoms with van der Waals surface area (Å²) in [5.74, 6) is 1.38. The topological polar surface area (TPSA) is 60.7 Å². The molecule has 3 saturated carbocycles. The van der Waals surface area contributed by atoms with Crippen LogP contribution in [-0.2, 0) is 0 Å². The summed E-state index contributed by atoms with van der Waals surface area (Å²) >= 11 is 0. The Hall–Kier alpha value is -1.16. The van der Waals surface area contributed by atoms with Gasteiger partial charge in [0.15, 0.2) is 0 Å². The summed E-state index contributed by atoms with van der Waals surface area (Å²) in [7, 11) is 0. The van der Waals surface area contributed by atoms with Crippen LogP contribution in [0.25, 0.3) is 0 Å². The van der Waals surface area contributed by atoms with Crippen molar-refractivity contribution in [2.45, 2.75) is 96.4 Å². The number of rotatable bonds is 5. The predicted octanol–water partition coefficient (Wildman–Crippen LogP) is 5.23. The highest BCUT2D eigenvalue weighted by Crippen LogP contribution is 2.58. The van der Waals surface area contributed by atoms with Crippen molar-refractivity contribution in [1.82, 2.24) is 0 Å². The molecule has 0 aliphatic heterocycles. The Balaban J connectivity index is 1.69. The van der Waals surface area contributed by atoms with Gasteiger partial charge in [0.1, 0.15) is 0 Å². The molecule has 0 amide bonds. The second-order valence-electron chi connectivity index (χ2n) is 10.4. The standard InChI is InChI=1S/C26H40O3/c1-18-20(16-22(27)17-24(18)28)11-10-19-8-7-15-26(4)21(12-13-23(19)26)9-5-6-14-25(2,3)29/h6,10-11,14,21-24,27-29H,1,5,7-9,12-13,15-17H2,2-4H3/b14-6+,19-10+,20-11-/t21?,22?,23?,24-,26+/m0/s1. The van der Waals surface area contributed by atoms with Crippen molar-refractivity contribution in [1.29, 1.82) is 0 Å². The molecule has 0 heterocycles. The Morgan fingerprint density at radius 1 is 1.21 bits per heavy atom. The summed E-state index contributed by atoms with van der Waals surface area (Å²) in [5.41, 5.74) is 2.97. The van der Waals surface area contributed by atoms with E-state index in [9.17, 15) is 15.3 Å². The van der Waals surface area contributed by atoms with Crippen molar-refractivity contribution in [2.75, 3.05) is 0 Å². The number of allylic oxidation sites excluding steroid dienone is 4. The molecule has 5 atom stereocenters. The molecule has 3 fully saturated rings. The predicted molar refractivity (Wildman–Crippen MR) is 119 cm³/mol. The summed E-state index contributed by atoms with van der Waals surface area (Å²) in [6, 6.07) is 0. The van der Waals surface area contributed by atoms with Crippen molar-refractivity contribution < 1.29 is 15.3 Å². The van der Waals surface area contributed by atoms with Gasteiger partial charge in [-0.25, -0.2) is 0 Å². The van der Waals surface area contributed by atoms with Gasteiger partial charge in [0.25, 0.3) is 0 Å². The van der Waals surface area contributed by atoms with E-state index in [1.54, 1.807) is 5.57 Å². The Kier molecular flexibility index (Phi) is 6.92. The highest BCUT2D eigenvalue weighted by Gasteiger charge is 2.48. The minimum atomic E-state index is -0.722. The average Bonchev–Trinajstić information content (AvgIpc) is 2.96. The molecule has 3 heteroatoms. The van der Waals surface area contributed by atoms with Gasteiger partial charge >= 0.3 is 0 Å². The first kappa shape index (κ1) is 22.5. The average molecular weight is 401 g/mol. The van der Waals surface area contributed by atoms with E-state index in [0.717, 1.165) is 29.9 Å².